The van der Waals surface area contributed by atoms with Crippen LogP contribution in [0.4, 0.5) is 0 Å². The van der Waals surface area contributed by atoms with Gasteiger partial charge in [0.2, 0.25) is 5.91 Å². The molecule has 0 aromatic heterocycles. The number of nitrogens with one attached hydrogen (secondary N) is 2. The Balaban J connectivity index is 1.53. The van der Waals surface area contributed by atoms with E-state index in [2.05, 4.69) is 22.5 Å². The molecule has 3 aliphatic heterocycles. The second-order valence-corrected chi connectivity index (χ2v) is 6.51. The minimum atomic E-state index is 0.247. The zero-order valence-corrected chi connectivity index (χ0v) is 12.0. The number of hydrogen-bond acceptors (Lipinski definition) is 3. The van der Waals surface area contributed by atoms with Gasteiger partial charge in [0.25, 0.3) is 0 Å². The molecule has 3 rings (SSSR count). The first-order chi connectivity index (χ1) is 9.26. The maximum Gasteiger partial charge on any atom is 0.220 e. The van der Waals surface area contributed by atoms with E-state index in [1.165, 1.54) is 32.1 Å². The van der Waals surface area contributed by atoms with Crippen molar-refractivity contribution in [3.8, 4) is 0 Å². The summed E-state index contributed by atoms with van der Waals surface area (Å²) in [6.07, 6.45) is 8.31. The normalized spacial score (nSPS) is 38.7. The van der Waals surface area contributed by atoms with E-state index in [0.29, 0.717) is 6.04 Å². The summed E-state index contributed by atoms with van der Waals surface area (Å²) in [5, 5.41) is 6.82. The van der Waals surface area contributed by atoms with Gasteiger partial charge < -0.3 is 10.6 Å². The molecule has 0 spiro atoms. The van der Waals surface area contributed by atoms with Gasteiger partial charge in [0, 0.05) is 37.1 Å². The Morgan fingerprint density at radius 3 is 2.58 bits per heavy atom. The summed E-state index contributed by atoms with van der Waals surface area (Å²) in [5.41, 5.74) is 0. The van der Waals surface area contributed by atoms with Crippen LogP contribution in [0.3, 0.4) is 0 Å². The van der Waals surface area contributed by atoms with Crippen molar-refractivity contribution in [3.63, 3.8) is 0 Å². The molecule has 0 radical (unpaired) electrons. The van der Waals surface area contributed by atoms with Gasteiger partial charge >= 0.3 is 0 Å². The molecule has 2 bridgehead atoms. The molecule has 4 heteroatoms. The standard InChI is InChI=1S/C15H27N3O/c1-2-7-16-12-8-13-4-5-14(9-12)18(13)10-11-3-6-15(19)17-11/h11-14,16H,2-10H2,1H3,(H,17,19). The quantitative estimate of drug-likeness (QED) is 0.786. The summed E-state index contributed by atoms with van der Waals surface area (Å²) in [4.78, 5) is 14.0. The fraction of sp³-hybridized carbons (Fsp3) is 0.933. The van der Waals surface area contributed by atoms with Gasteiger partial charge in [0.15, 0.2) is 0 Å². The third kappa shape index (κ3) is 2.95. The number of carbonyl (C=O) groups excluding carboxylic acids is 1. The van der Waals surface area contributed by atoms with E-state index in [1.54, 1.807) is 0 Å². The zero-order chi connectivity index (χ0) is 13.2. The van der Waals surface area contributed by atoms with Gasteiger partial charge in [-0.15, -0.1) is 0 Å². The molecule has 3 atom stereocenters. The number of rotatable bonds is 5. The van der Waals surface area contributed by atoms with Gasteiger partial charge in [0.05, 0.1) is 0 Å². The largest absolute Gasteiger partial charge is 0.352 e. The first kappa shape index (κ1) is 13.4. The summed E-state index contributed by atoms with van der Waals surface area (Å²) >= 11 is 0. The number of piperidine rings is 1. The second-order valence-electron chi connectivity index (χ2n) is 6.51. The van der Waals surface area contributed by atoms with Crippen LogP contribution in [0.2, 0.25) is 0 Å². The van der Waals surface area contributed by atoms with Crippen LogP contribution < -0.4 is 10.6 Å². The molecule has 4 nitrogen and oxygen atoms in total. The smallest absolute Gasteiger partial charge is 0.220 e. The lowest BCUT2D eigenvalue weighted by atomic mass is 9.96. The number of nitrogens with zero attached hydrogens (tertiary/aromatic N) is 1. The molecule has 0 aliphatic carbocycles. The maximum atomic E-state index is 11.3. The lowest BCUT2D eigenvalue weighted by Gasteiger charge is -2.40. The van der Waals surface area contributed by atoms with Gasteiger partial charge in [-0.25, -0.2) is 0 Å². The van der Waals surface area contributed by atoms with Crippen LogP contribution in [0.1, 0.15) is 51.9 Å². The highest BCUT2D eigenvalue weighted by molar-refractivity contribution is 5.78. The van der Waals surface area contributed by atoms with Crippen LogP contribution in [0, 0.1) is 0 Å². The van der Waals surface area contributed by atoms with Crippen molar-refractivity contribution in [2.45, 2.75) is 76.0 Å². The van der Waals surface area contributed by atoms with Crippen LogP contribution in [0.5, 0.6) is 0 Å². The van der Waals surface area contributed by atoms with Crippen LogP contribution >= 0.6 is 0 Å². The van der Waals surface area contributed by atoms with E-state index in [-0.39, 0.29) is 5.91 Å². The predicted molar refractivity (Wildman–Crippen MR) is 76.0 cm³/mol. The summed E-state index contributed by atoms with van der Waals surface area (Å²) < 4.78 is 0. The lowest BCUT2D eigenvalue weighted by Crippen LogP contribution is -2.52. The molecule has 1 amide bonds. The van der Waals surface area contributed by atoms with Crippen LogP contribution in [0.15, 0.2) is 0 Å². The first-order valence-corrected chi connectivity index (χ1v) is 8.04. The molecule has 19 heavy (non-hydrogen) atoms. The van der Waals surface area contributed by atoms with Crippen molar-refractivity contribution in [1.82, 2.24) is 15.5 Å². The van der Waals surface area contributed by atoms with E-state index in [9.17, 15) is 4.79 Å². The molecule has 3 fully saturated rings. The van der Waals surface area contributed by atoms with Gasteiger partial charge in [-0.1, -0.05) is 6.92 Å². The summed E-state index contributed by atoms with van der Waals surface area (Å²) in [6, 6.07) is 2.65. The van der Waals surface area contributed by atoms with Gasteiger partial charge in [-0.05, 0) is 45.1 Å². The number of carbonyl (C=O) groups is 1. The van der Waals surface area contributed by atoms with E-state index in [4.69, 9.17) is 0 Å². The number of amides is 1. The molecule has 3 heterocycles. The number of hydrogen-bond donors (Lipinski definition) is 2. The molecular formula is C15H27N3O. The molecule has 0 saturated carbocycles. The first-order valence-electron chi connectivity index (χ1n) is 8.04. The molecule has 3 unspecified atom stereocenters. The highest BCUT2D eigenvalue weighted by Crippen LogP contribution is 2.36. The maximum absolute atomic E-state index is 11.3. The third-order valence-electron chi connectivity index (χ3n) is 5.08. The zero-order valence-electron chi connectivity index (χ0n) is 12.0. The average molecular weight is 265 g/mol. The molecule has 2 N–H and O–H groups in total. The monoisotopic (exact) mass is 265 g/mol. The Bertz CT molecular complexity index is 319. The highest BCUT2D eigenvalue weighted by Gasteiger charge is 2.41. The van der Waals surface area contributed by atoms with E-state index >= 15 is 0 Å². The van der Waals surface area contributed by atoms with Crippen LogP contribution in [-0.4, -0.2) is 48.1 Å². The van der Waals surface area contributed by atoms with Crippen molar-refractivity contribution in [2.24, 2.45) is 0 Å². The lowest BCUT2D eigenvalue weighted by molar-refractivity contribution is -0.119. The molecular weight excluding hydrogens is 238 g/mol. The minimum Gasteiger partial charge on any atom is -0.352 e. The SMILES string of the molecule is CCCNC1CC2CCC(C1)N2CC1CCC(=O)N1. The van der Waals surface area contributed by atoms with E-state index < -0.39 is 0 Å². The fourth-order valence-electron chi connectivity index (χ4n) is 4.16. The highest BCUT2D eigenvalue weighted by atomic mass is 16.1. The van der Waals surface area contributed by atoms with Crippen molar-refractivity contribution >= 4 is 5.91 Å². The Morgan fingerprint density at radius 2 is 2.00 bits per heavy atom. The third-order valence-corrected chi connectivity index (χ3v) is 5.08. The van der Waals surface area contributed by atoms with Crippen LogP contribution in [0.25, 0.3) is 0 Å². The minimum absolute atomic E-state index is 0.247. The Morgan fingerprint density at radius 1 is 1.26 bits per heavy atom. The second kappa shape index (κ2) is 5.80. The van der Waals surface area contributed by atoms with Gasteiger partial charge in [0.1, 0.15) is 0 Å². The van der Waals surface area contributed by atoms with E-state index in [1.807, 2.05) is 0 Å². The van der Waals surface area contributed by atoms with Gasteiger partial charge in [-0.2, -0.15) is 0 Å². The molecule has 0 aromatic carbocycles. The van der Waals surface area contributed by atoms with Gasteiger partial charge in [-0.3, -0.25) is 9.69 Å². The predicted octanol–water partition coefficient (Wildman–Crippen LogP) is 1.26. The molecule has 3 saturated heterocycles. The Kier molecular flexibility index (Phi) is 4.08. The Labute approximate surface area is 116 Å². The van der Waals surface area contributed by atoms with E-state index in [0.717, 1.165) is 44.1 Å². The molecule has 0 aromatic rings. The number of fused-ring (bicyclic) bond motifs is 2. The molecule has 3 aliphatic rings. The topological polar surface area (TPSA) is 44.4 Å². The van der Waals surface area contributed by atoms with Crippen molar-refractivity contribution in [1.29, 1.82) is 0 Å². The molecule has 108 valence electrons. The van der Waals surface area contributed by atoms with Crippen molar-refractivity contribution in [2.75, 3.05) is 13.1 Å². The summed E-state index contributed by atoms with van der Waals surface area (Å²) in [6.45, 7) is 4.48. The van der Waals surface area contributed by atoms with Crippen molar-refractivity contribution < 1.29 is 4.79 Å². The Hall–Kier alpha value is -0.610. The fourth-order valence-corrected chi connectivity index (χ4v) is 4.16. The van der Waals surface area contributed by atoms with Crippen LogP contribution in [-0.2, 0) is 4.79 Å². The van der Waals surface area contributed by atoms with Crippen molar-refractivity contribution in [3.05, 3.63) is 0 Å². The average Bonchev–Trinajstić information content (AvgIpc) is 2.89. The summed E-state index contributed by atoms with van der Waals surface area (Å²) in [5.74, 6) is 0.247. The summed E-state index contributed by atoms with van der Waals surface area (Å²) in [7, 11) is 0.